The highest BCUT2D eigenvalue weighted by molar-refractivity contribution is 8.03. The van der Waals surface area contributed by atoms with Gasteiger partial charge in [0.15, 0.2) is 0 Å². The average molecular weight is 499 g/mol. The van der Waals surface area contributed by atoms with Gasteiger partial charge in [-0.3, -0.25) is 9.59 Å². The molecular formula is C28H23FN4O2S. The van der Waals surface area contributed by atoms with Gasteiger partial charge in [0.25, 0.3) is 5.91 Å². The highest BCUT2D eigenvalue weighted by Crippen LogP contribution is 2.40. The van der Waals surface area contributed by atoms with E-state index in [1.165, 1.54) is 36.0 Å². The summed E-state index contributed by atoms with van der Waals surface area (Å²) < 4.78 is 13.1. The zero-order chi connectivity index (χ0) is 25.5. The van der Waals surface area contributed by atoms with Crippen molar-refractivity contribution in [3.63, 3.8) is 0 Å². The number of halogens is 1. The van der Waals surface area contributed by atoms with Crippen molar-refractivity contribution in [2.24, 2.45) is 0 Å². The molecule has 0 aliphatic carbocycles. The Morgan fingerprint density at radius 3 is 2.19 bits per heavy atom. The quantitative estimate of drug-likeness (QED) is 0.398. The van der Waals surface area contributed by atoms with Crippen LogP contribution in [0.1, 0.15) is 18.4 Å². The monoisotopic (exact) mass is 498 g/mol. The van der Waals surface area contributed by atoms with Crippen LogP contribution in [-0.2, 0) is 9.59 Å². The predicted octanol–water partition coefficient (Wildman–Crippen LogP) is 5.53. The van der Waals surface area contributed by atoms with E-state index in [2.05, 4.69) is 22.0 Å². The van der Waals surface area contributed by atoms with Crippen LogP contribution in [0.25, 0.3) is 0 Å². The molecule has 3 N–H and O–H groups in total. The highest BCUT2D eigenvalue weighted by Gasteiger charge is 2.34. The molecule has 0 saturated carbocycles. The van der Waals surface area contributed by atoms with Gasteiger partial charge >= 0.3 is 0 Å². The molecule has 0 fully saturated rings. The van der Waals surface area contributed by atoms with Crippen molar-refractivity contribution in [1.29, 1.82) is 5.26 Å². The van der Waals surface area contributed by atoms with Crippen LogP contribution in [-0.4, -0.2) is 17.6 Å². The third-order valence-electron chi connectivity index (χ3n) is 5.53. The van der Waals surface area contributed by atoms with Crippen molar-refractivity contribution in [1.82, 2.24) is 5.32 Å². The number of hydrogen-bond donors (Lipinski definition) is 3. The number of allylic oxidation sites excluding steroid dienone is 2. The van der Waals surface area contributed by atoms with Crippen molar-refractivity contribution in [3.05, 3.63) is 118 Å². The zero-order valence-corrected chi connectivity index (χ0v) is 20.2. The van der Waals surface area contributed by atoms with E-state index in [0.717, 1.165) is 5.56 Å². The van der Waals surface area contributed by atoms with Gasteiger partial charge in [-0.1, -0.05) is 60.3 Å². The molecule has 8 heteroatoms. The molecule has 0 bridgehead atoms. The highest BCUT2D eigenvalue weighted by atomic mass is 32.2. The molecule has 3 aromatic rings. The number of hydrogen-bond acceptors (Lipinski definition) is 5. The summed E-state index contributed by atoms with van der Waals surface area (Å²) in [6, 6.07) is 26.2. The molecule has 1 atom stereocenters. The van der Waals surface area contributed by atoms with Crippen LogP contribution < -0.4 is 16.0 Å². The third-order valence-corrected chi connectivity index (χ3v) is 6.55. The summed E-state index contributed by atoms with van der Waals surface area (Å²) in [5.41, 5.74) is 3.30. The Kier molecular flexibility index (Phi) is 7.83. The summed E-state index contributed by atoms with van der Waals surface area (Å²) in [5, 5.41) is 19.5. The van der Waals surface area contributed by atoms with Crippen LogP contribution in [0.3, 0.4) is 0 Å². The molecule has 1 aliphatic rings. The number of amides is 2. The fourth-order valence-corrected chi connectivity index (χ4v) is 4.79. The molecule has 0 saturated heterocycles. The van der Waals surface area contributed by atoms with E-state index in [1.807, 2.05) is 48.5 Å². The maximum atomic E-state index is 13.4. The Morgan fingerprint density at radius 2 is 1.56 bits per heavy atom. The Bertz CT molecular complexity index is 1360. The second-order valence-electron chi connectivity index (χ2n) is 8.03. The van der Waals surface area contributed by atoms with E-state index in [-0.39, 0.29) is 23.4 Å². The fraction of sp³-hybridized carbons (Fsp3) is 0.107. The molecule has 0 radical (unpaired) electrons. The number of carbonyl (C=O) groups excluding carboxylic acids is 2. The first-order chi connectivity index (χ1) is 17.5. The minimum atomic E-state index is -0.608. The van der Waals surface area contributed by atoms with Gasteiger partial charge in [0.2, 0.25) is 5.91 Å². The van der Waals surface area contributed by atoms with E-state index >= 15 is 0 Å². The minimum absolute atomic E-state index is 0.0191. The van der Waals surface area contributed by atoms with Crippen LogP contribution in [0.15, 0.2) is 107 Å². The molecule has 1 aliphatic heterocycles. The van der Waals surface area contributed by atoms with Crippen molar-refractivity contribution in [3.8, 4) is 6.07 Å². The lowest BCUT2D eigenvalue weighted by molar-refractivity contribution is -0.114. The summed E-state index contributed by atoms with van der Waals surface area (Å²) in [5.74, 6) is -1.59. The first kappa shape index (κ1) is 24.8. The molecule has 0 spiro atoms. The number of benzene rings is 3. The van der Waals surface area contributed by atoms with Crippen LogP contribution in [0, 0.1) is 17.1 Å². The van der Waals surface area contributed by atoms with Gasteiger partial charge in [-0.15, -0.1) is 0 Å². The van der Waals surface area contributed by atoms with Gasteiger partial charge in [-0.25, -0.2) is 4.39 Å². The minimum Gasteiger partial charge on any atom is -0.353 e. The second kappa shape index (κ2) is 11.4. The summed E-state index contributed by atoms with van der Waals surface area (Å²) in [6.07, 6.45) is 0. The van der Waals surface area contributed by atoms with Crippen LogP contribution in [0.5, 0.6) is 0 Å². The normalized spacial score (nSPS) is 15.1. The second-order valence-corrected chi connectivity index (χ2v) is 9.01. The number of nitrogens with zero attached hydrogens (tertiary/aromatic N) is 1. The number of carbonyl (C=O) groups is 2. The molecule has 2 amide bonds. The van der Waals surface area contributed by atoms with Crippen molar-refractivity contribution >= 4 is 35.0 Å². The standard InChI is InChI=1S/C28H23FN4O2S/c1-18-25(27(35)33-21-10-6-3-7-11-21)26(19-8-4-2-5-9-19)23(16-30)28(31-18)36-17-24(34)32-22-14-12-20(29)13-15-22/h2-15,26,31H,17H2,1H3,(H,32,34)(H,33,35)/t26-/m0/s1. The van der Waals surface area contributed by atoms with E-state index < -0.39 is 5.92 Å². The smallest absolute Gasteiger partial charge is 0.254 e. The molecule has 6 nitrogen and oxygen atoms in total. The van der Waals surface area contributed by atoms with Gasteiger partial charge in [-0.05, 0) is 48.9 Å². The lowest BCUT2D eigenvalue weighted by Gasteiger charge is -2.29. The average Bonchev–Trinajstić information content (AvgIpc) is 2.89. The molecule has 0 aromatic heterocycles. The maximum absolute atomic E-state index is 13.4. The maximum Gasteiger partial charge on any atom is 0.254 e. The SMILES string of the molecule is CC1=C(C(=O)Nc2ccccc2)[C@@H](c2ccccc2)C(C#N)=C(SCC(=O)Nc2ccc(F)cc2)N1. The lowest BCUT2D eigenvalue weighted by Crippen LogP contribution is -2.31. The van der Waals surface area contributed by atoms with E-state index in [9.17, 15) is 19.2 Å². The van der Waals surface area contributed by atoms with Gasteiger partial charge < -0.3 is 16.0 Å². The van der Waals surface area contributed by atoms with Crippen LogP contribution in [0.2, 0.25) is 0 Å². The predicted molar refractivity (Wildman–Crippen MR) is 140 cm³/mol. The van der Waals surface area contributed by atoms with E-state index in [1.54, 1.807) is 19.1 Å². The summed E-state index contributed by atoms with van der Waals surface area (Å²) in [7, 11) is 0. The summed E-state index contributed by atoms with van der Waals surface area (Å²) in [6.45, 7) is 1.78. The molecule has 4 rings (SSSR count). The Labute approximate surface area is 212 Å². The van der Waals surface area contributed by atoms with Gasteiger partial charge in [0, 0.05) is 22.6 Å². The fourth-order valence-electron chi connectivity index (χ4n) is 3.89. The molecule has 0 unspecified atom stereocenters. The van der Waals surface area contributed by atoms with Gasteiger partial charge in [0.1, 0.15) is 5.82 Å². The number of rotatable bonds is 7. The van der Waals surface area contributed by atoms with Crippen molar-refractivity contribution in [2.75, 3.05) is 16.4 Å². The van der Waals surface area contributed by atoms with E-state index in [4.69, 9.17) is 0 Å². The number of nitrogens with one attached hydrogen (secondary N) is 3. The van der Waals surface area contributed by atoms with Crippen molar-refractivity contribution < 1.29 is 14.0 Å². The number of para-hydroxylation sites is 1. The van der Waals surface area contributed by atoms with Gasteiger partial charge in [-0.2, -0.15) is 5.26 Å². The first-order valence-corrected chi connectivity index (χ1v) is 12.2. The van der Waals surface area contributed by atoms with Gasteiger partial charge in [0.05, 0.1) is 28.3 Å². The Balaban J connectivity index is 1.60. The first-order valence-electron chi connectivity index (χ1n) is 11.2. The Hall–Kier alpha value is -4.35. The summed E-state index contributed by atoms with van der Waals surface area (Å²) in [4.78, 5) is 25.9. The van der Waals surface area contributed by atoms with Crippen LogP contribution >= 0.6 is 11.8 Å². The number of anilines is 2. The third kappa shape index (κ3) is 5.82. The van der Waals surface area contributed by atoms with Crippen molar-refractivity contribution in [2.45, 2.75) is 12.8 Å². The van der Waals surface area contributed by atoms with Crippen LogP contribution in [0.4, 0.5) is 15.8 Å². The number of dihydropyridines is 1. The molecule has 1 heterocycles. The number of thioether (sulfide) groups is 1. The Morgan fingerprint density at radius 1 is 0.944 bits per heavy atom. The largest absolute Gasteiger partial charge is 0.353 e. The molecule has 3 aromatic carbocycles. The molecular weight excluding hydrogens is 475 g/mol. The van der Waals surface area contributed by atoms with E-state index in [0.29, 0.717) is 33.2 Å². The topological polar surface area (TPSA) is 94.0 Å². The lowest BCUT2D eigenvalue weighted by atomic mass is 9.82. The zero-order valence-electron chi connectivity index (χ0n) is 19.4. The molecule has 180 valence electrons. The number of nitriles is 1. The molecule has 36 heavy (non-hydrogen) atoms. The summed E-state index contributed by atoms with van der Waals surface area (Å²) >= 11 is 1.17.